The van der Waals surface area contributed by atoms with Crippen LogP contribution in [0.3, 0.4) is 0 Å². The number of halogens is 2. The van der Waals surface area contributed by atoms with Crippen LogP contribution in [0.5, 0.6) is 0 Å². The molecule has 0 unspecified atom stereocenters. The van der Waals surface area contributed by atoms with Crippen LogP contribution in [0.4, 0.5) is 10.1 Å². The lowest BCUT2D eigenvalue weighted by atomic mass is 10.1. The van der Waals surface area contributed by atoms with E-state index in [1.807, 2.05) is 30.3 Å². The average Bonchev–Trinajstić information content (AvgIpc) is 2.73. The smallest absolute Gasteiger partial charge is 0.276 e. The van der Waals surface area contributed by atoms with E-state index < -0.39 is 11.7 Å². The zero-order valence-electron chi connectivity index (χ0n) is 15.1. The molecule has 1 heterocycles. The Kier molecular flexibility index (Phi) is 5.10. The molecule has 0 saturated heterocycles. The summed E-state index contributed by atoms with van der Waals surface area (Å²) in [5.74, 6) is -1.05. The Morgan fingerprint density at radius 2 is 1.69 bits per heavy atom. The zero-order valence-corrected chi connectivity index (χ0v) is 15.9. The highest BCUT2D eigenvalue weighted by molar-refractivity contribution is 6.34. The number of rotatable bonds is 4. The van der Waals surface area contributed by atoms with E-state index in [1.165, 1.54) is 16.8 Å². The molecule has 4 rings (SSSR count). The Balaban J connectivity index is 1.79. The second-order valence-electron chi connectivity index (χ2n) is 6.42. The molecule has 7 heteroatoms. The molecule has 144 valence electrons. The van der Waals surface area contributed by atoms with Crippen molar-refractivity contribution < 1.29 is 9.18 Å². The fraction of sp³-hybridized carbons (Fsp3) is 0.0455. The number of carbonyl (C=O) groups is 1. The van der Waals surface area contributed by atoms with Crippen molar-refractivity contribution in [3.63, 3.8) is 0 Å². The van der Waals surface area contributed by atoms with Crippen LogP contribution in [-0.4, -0.2) is 15.7 Å². The predicted molar refractivity (Wildman–Crippen MR) is 111 cm³/mol. The van der Waals surface area contributed by atoms with E-state index in [0.717, 1.165) is 11.6 Å². The maximum atomic E-state index is 13.3. The number of nitrogens with zero attached hydrogens (tertiary/aromatic N) is 2. The minimum Gasteiger partial charge on any atom is -0.319 e. The fourth-order valence-corrected chi connectivity index (χ4v) is 3.25. The number of amides is 1. The largest absolute Gasteiger partial charge is 0.319 e. The van der Waals surface area contributed by atoms with Crippen molar-refractivity contribution in [3.8, 4) is 0 Å². The van der Waals surface area contributed by atoms with Crippen molar-refractivity contribution in [1.82, 2.24) is 9.78 Å². The summed E-state index contributed by atoms with van der Waals surface area (Å²) in [7, 11) is 0. The maximum absolute atomic E-state index is 13.3. The van der Waals surface area contributed by atoms with E-state index in [1.54, 1.807) is 24.3 Å². The Labute approximate surface area is 170 Å². The number of anilines is 1. The molecule has 5 nitrogen and oxygen atoms in total. The van der Waals surface area contributed by atoms with Crippen molar-refractivity contribution in [3.05, 3.63) is 105 Å². The first-order valence-corrected chi connectivity index (χ1v) is 9.21. The van der Waals surface area contributed by atoms with Gasteiger partial charge in [-0.25, -0.2) is 9.07 Å². The summed E-state index contributed by atoms with van der Waals surface area (Å²) in [6.45, 7) is 0.224. The summed E-state index contributed by atoms with van der Waals surface area (Å²) in [4.78, 5) is 25.8. The van der Waals surface area contributed by atoms with E-state index in [9.17, 15) is 14.0 Å². The van der Waals surface area contributed by atoms with Gasteiger partial charge in [-0.1, -0.05) is 60.1 Å². The van der Waals surface area contributed by atoms with E-state index >= 15 is 0 Å². The number of aromatic nitrogens is 2. The normalized spacial score (nSPS) is 10.8. The second-order valence-corrected chi connectivity index (χ2v) is 6.83. The molecular weight excluding hydrogens is 393 g/mol. The van der Waals surface area contributed by atoms with Crippen molar-refractivity contribution in [2.75, 3.05) is 5.32 Å². The third kappa shape index (κ3) is 3.88. The van der Waals surface area contributed by atoms with Crippen LogP contribution in [-0.2, 0) is 6.54 Å². The average molecular weight is 408 g/mol. The van der Waals surface area contributed by atoms with Gasteiger partial charge in [-0.05, 0) is 29.8 Å². The molecule has 29 heavy (non-hydrogen) atoms. The standard InChI is InChI=1S/C22H15ClFN3O2/c23-18-12-15(24)10-11-19(18)25-21(28)20-16-8-4-5-9-17(16)22(29)27(26-20)13-14-6-2-1-3-7-14/h1-12H,13H2,(H,25,28). The molecule has 0 fully saturated rings. The molecule has 0 aliphatic rings. The van der Waals surface area contributed by atoms with E-state index in [-0.39, 0.29) is 28.5 Å². The van der Waals surface area contributed by atoms with Crippen LogP contribution in [0.15, 0.2) is 77.6 Å². The molecule has 3 aromatic carbocycles. The van der Waals surface area contributed by atoms with E-state index in [4.69, 9.17) is 11.6 Å². The number of nitrogens with one attached hydrogen (secondary N) is 1. The van der Waals surface area contributed by atoms with Gasteiger partial charge in [0, 0.05) is 5.39 Å². The third-order valence-electron chi connectivity index (χ3n) is 4.44. The number of carbonyl (C=O) groups excluding carboxylic acids is 1. The third-order valence-corrected chi connectivity index (χ3v) is 4.75. The summed E-state index contributed by atoms with van der Waals surface area (Å²) in [5.41, 5.74) is 0.924. The Morgan fingerprint density at radius 3 is 2.41 bits per heavy atom. The van der Waals surface area contributed by atoms with Gasteiger partial charge in [-0.3, -0.25) is 9.59 Å². The van der Waals surface area contributed by atoms with Crippen LogP contribution in [0, 0.1) is 5.82 Å². The highest BCUT2D eigenvalue weighted by Gasteiger charge is 2.18. The lowest BCUT2D eigenvalue weighted by molar-refractivity contribution is 0.102. The van der Waals surface area contributed by atoms with Gasteiger partial charge in [0.05, 0.1) is 22.6 Å². The Hall–Kier alpha value is -3.51. The van der Waals surface area contributed by atoms with Gasteiger partial charge in [0.1, 0.15) is 5.82 Å². The number of benzene rings is 3. The molecule has 0 bridgehead atoms. The van der Waals surface area contributed by atoms with E-state index in [2.05, 4.69) is 10.4 Å². The van der Waals surface area contributed by atoms with Crippen molar-refractivity contribution in [1.29, 1.82) is 0 Å². The summed E-state index contributed by atoms with van der Waals surface area (Å²) < 4.78 is 14.5. The van der Waals surface area contributed by atoms with Gasteiger partial charge in [0.2, 0.25) is 0 Å². The van der Waals surface area contributed by atoms with Crippen molar-refractivity contribution in [2.45, 2.75) is 6.54 Å². The minimum absolute atomic E-state index is 0.0697. The summed E-state index contributed by atoms with van der Waals surface area (Å²) >= 11 is 6.01. The lowest BCUT2D eigenvalue weighted by Crippen LogP contribution is -2.28. The van der Waals surface area contributed by atoms with Gasteiger partial charge >= 0.3 is 0 Å². The van der Waals surface area contributed by atoms with Crippen LogP contribution in [0.2, 0.25) is 5.02 Å². The van der Waals surface area contributed by atoms with Crippen LogP contribution in [0.1, 0.15) is 16.1 Å². The van der Waals surface area contributed by atoms with Gasteiger partial charge in [0.25, 0.3) is 11.5 Å². The molecule has 1 N–H and O–H groups in total. The summed E-state index contributed by atoms with van der Waals surface area (Å²) in [6.07, 6.45) is 0. The molecule has 4 aromatic rings. The lowest BCUT2D eigenvalue weighted by Gasteiger charge is -2.12. The molecule has 0 aliphatic heterocycles. The predicted octanol–water partition coefficient (Wildman–Crippen LogP) is 4.49. The van der Waals surface area contributed by atoms with Crippen LogP contribution >= 0.6 is 11.6 Å². The number of hydrogen-bond donors (Lipinski definition) is 1. The van der Waals surface area contributed by atoms with Crippen LogP contribution < -0.4 is 10.9 Å². The van der Waals surface area contributed by atoms with Gasteiger partial charge in [-0.2, -0.15) is 5.10 Å². The van der Waals surface area contributed by atoms with E-state index in [0.29, 0.717) is 10.8 Å². The Bertz CT molecular complexity index is 1270. The topological polar surface area (TPSA) is 64.0 Å². The molecule has 0 atom stereocenters. The highest BCUT2D eigenvalue weighted by Crippen LogP contribution is 2.24. The molecule has 1 aromatic heterocycles. The quantitative estimate of drug-likeness (QED) is 0.542. The van der Waals surface area contributed by atoms with Crippen molar-refractivity contribution in [2.24, 2.45) is 0 Å². The highest BCUT2D eigenvalue weighted by atomic mass is 35.5. The first-order chi connectivity index (χ1) is 14.0. The molecule has 1 amide bonds. The second kappa shape index (κ2) is 7.85. The number of hydrogen-bond acceptors (Lipinski definition) is 3. The Morgan fingerprint density at radius 1 is 1.00 bits per heavy atom. The SMILES string of the molecule is O=C(Nc1ccc(F)cc1Cl)c1nn(Cc2ccccc2)c(=O)c2ccccc12. The van der Waals surface area contributed by atoms with Gasteiger partial charge in [0.15, 0.2) is 5.69 Å². The first-order valence-electron chi connectivity index (χ1n) is 8.83. The molecule has 0 radical (unpaired) electrons. The van der Waals surface area contributed by atoms with Crippen LogP contribution in [0.25, 0.3) is 10.8 Å². The molecule has 0 aliphatic carbocycles. The zero-order chi connectivity index (χ0) is 20.4. The summed E-state index contributed by atoms with van der Waals surface area (Å²) in [6, 6.07) is 19.8. The summed E-state index contributed by atoms with van der Waals surface area (Å²) in [5, 5.41) is 7.84. The monoisotopic (exact) mass is 407 g/mol. The molecular formula is C22H15ClFN3O2. The minimum atomic E-state index is -0.545. The maximum Gasteiger partial charge on any atom is 0.276 e. The number of fused-ring (bicyclic) bond motifs is 1. The first kappa shape index (κ1) is 18.8. The fourth-order valence-electron chi connectivity index (χ4n) is 3.04. The van der Waals surface area contributed by atoms with Crippen molar-refractivity contribution >= 4 is 34.0 Å². The van der Waals surface area contributed by atoms with Gasteiger partial charge < -0.3 is 5.32 Å². The molecule has 0 spiro atoms. The van der Waals surface area contributed by atoms with Gasteiger partial charge in [-0.15, -0.1) is 0 Å². The molecule has 0 saturated carbocycles.